The lowest BCUT2D eigenvalue weighted by atomic mass is 10.1. The molecule has 1 saturated heterocycles. The van der Waals surface area contributed by atoms with E-state index in [0.29, 0.717) is 19.6 Å². The van der Waals surface area contributed by atoms with Gasteiger partial charge in [-0.2, -0.15) is 5.10 Å². The van der Waals surface area contributed by atoms with E-state index in [-0.39, 0.29) is 23.7 Å². The molecule has 2 amide bonds. The number of benzene rings is 1. The van der Waals surface area contributed by atoms with E-state index in [4.69, 9.17) is 5.73 Å². The van der Waals surface area contributed by atoms with E-state index in [0.717, 1.165) is 11.1 Å². The number of aromatic nitrogens is 2. The maximum atomic E-state index is 12.7. The molecular formula is C19H23N5O3. The van der Waals surface area contributed by atoms with Gasteiger partial charge in [0.05, 0.1) is 0 Å². The van der Waals surface area contributed by atoms with Gasteiger partial charge in [-0.15, -0.1) is 0 Å². The van der Waals surface area contributed by atoms with E-state index in [2.05, 4.69) is 5.10 Å². The van der Waals surface area contributed by atoms with Gasteiger partial charge in [0.25, 0.3) is 11.5 Å². The Bertz CT molecular complexity index is 880. The smallest absolute Gasteiger partial charge is 0.274 e. The predicted octanol–water partition coefficient (Wildman–Crippen LogP) is -0.365. The lowest BCUT2D eigenvalue weighted by Gasteiger charge is -2.39. The fourth-order valence-corrected chi connectivity index (χ4v) is 3.24. The highest BCUT2D eigenvalue weighted by atomic mass is 16.2. The monoisotopic (exact) mass is 369 g/mol. The van der Waals surface area contributed by atoms with Gasteiger partial charge >= 0.3 is 0 Å². The number of amides is 2. The summed E-state index contributed by atoms with van der Waals surface area (Å²) < 4.78 is 1.12. The molecule has 1 aliphatic rings. The van der Waals surface area contributed by atoms with Crippen LogP contribution in [0.2, 0.25) is 0 Å². The van der Waals surface area contributed by atoms with Crippen molar-refractivity contribution in [3.05, 3.63) is 64.1 Å². The first kappa shape index (κ1) is 18.8. The number of carbonyl (C=O) groups is 2. The Morgan fingerprint density at radius 2 is 1.89 bits per heavy atom. The van der Waals surface area contributed by atoms with E-state index in [9.17, 15) is 14.4 Å². The van der Waals surface area contributed by atoms with Crippen LogP contribution in [-0.4, -0.2) is 63.6 Å². The van der Waals surface area contributed by atoms with Gasteiger partial charge in [0.15, 0.2) is 0 Å². The van der Waals surface area contributed by atoms with E-state index in [1.165, 1.54) is 24.7 Å². The SMILES string of the molecule is Cn1nc(C(=O)N2CCN(CCc3ccccc3)C(C(N)=O)C2)ccc1=O. The van der Waals surface area contributed by atoms with Crippen LogP contribution >= 0.6 is 0 Å². The Labute approximate surface area is 157 Å². The summed E-state index contributed by atoms with van der Waals surface area (Å²) in [6.45, 7) is 1.94. The molecule has 8 nitrogen and oxygen atoms in total. The van der Waals surface area contributed by atoms with Crippen molar-refractivity contribution in [1.82, 2.24) is 19.6 Å². The molecule has 0 aliphatic carbocycles. The number of carbonyl (C=O) groups excluding carboxylic acids is 2. The van der Waals surface area contributed by atoms with E-state index < -0.39 is 11.9 Å². The van der Waals surface area contributed by atoms with Crippen LogP contribution in [-0.2, 0) is 18.3 Å². The van der Waals surface area contributed by atoms with Gasteiger partial charge in [-0.05, 0) is 18.1 Å². The van der Waals surface area contributed by atoms with Crippen molar-refractivity contribution in [2.24, 2.45) is 12.8 Å². The zero-order valence-corrected chi connectivity index (χ0v) is 15.2. The van der Waals surface area contributed by atoms with E-state index >= 15 is 0 Å². The number of primary amides is 1. The van der Waals surface area contributed by atoms with Gasteiger partial charge in [0, 0.05) is 39.3 Å². The molecule has 2 aromatic rings. The second-order valence-electron chi connectivity index (χ2n) is 6.62. The van der Waals surface area contributed by atoms with Gasteiger partial charge in [-0.3, -0.25) is 19.3 Å². The van der Waals surface area contributed by atoms with Crippen molar-refractivity contribution in [3.8, 4) is 0 Å². The minimum absolute atomic E-state index is 0.179. The molecule has 1 atom stereocenters. The summed E-state index contributed by atoms with van der Waals surface area (Å²) in [5.74, 6) is -0.756. The topological polar surface area (TPSA) is 102 Å². The van der Waals surface area contributed by atoms with E-state index in [1.54, 1.807) is 4.90 Å². The Balaban J connectivity index is 1.68. The first-order chi connectivity index (χ1) is 13.0. The van der Waals surface area contributed by atoms with Crippen LogP contribution in [0.1, 0.15) is 16.1 Å². The largest absolute Gasteiger partial charge is 0.368 e. The van der Waals surface area contributed by atoms with Gasteiger partial charge in [0.2, 0.25) is 5.91 Å². The number of aryl methyl sites for hydroxylation is 1. The molecule has 1 aromatic carbocycles. The zero-order chi connectivity index (χ0) is 19.4. The van der Waals surface area contributed by atoms with Crippen LogP contribution < -0.4 is 11.3 Å². The summed E-state index contributed by atoms with van der Waals surface area (Å²) in [7, 11) is 1.49. The Kier molecular flexibility index (Phi) is 5.66. The van der Waals surface area contributed by atoms with Crippen molar-refractivity contribution in [2.45, 2.75) is 12.5 Å². The summed E-state index contributed by atoms with van der Waals surface area (Å²) in [6, 6.07) is 12.2. The molecule has 1 fully saturated rings. The third-order valence-corrected chi connectivity index (χ3v) is 4.82. The molecule has 0 radical (unpaired) electrons. The van der Waals surface area contributed by atoms with Crippen molar-refractivity contribution >= 4 is 11.8 Å². The highest BCUT2D eigenvalue weighted by Gasteiger charge is 2.33. The molecular weight excluding hydrogens is 346 g/mol. The third-order valence-electron chi connectivity index (χ3n) is 4.82. The fraction of sp³-hybridized carbons (Fsp3) is 0.368. The predicted molar refractivity (Wildman–Crippen MR) is 100 cm³/mol. The molecule has 1 aromatic heterocycles. The molecule has 1 aliphatic heterocycles. The highest BCUT2D eigenvalue weighted by molar-refractivity contribution is 5.93. The van der Waals surface area contributed by atoms with Crippen LogP contribution in [0.25, 0.3) is 0 Å². The van der Waals surface area contributed by atoms with Gasteiger partial charge < -0.3 is 10.6 Å². The standard InChI is InChI=1S/C19H23N5O3/c1-22-17(25)8-7-15(21-22)19(27)24-12-11-23(16(13-24)18(20)26)10-9-14-5-3-2-4-6-14/h2-8,16H,9-13H2,1H3,(H2,20,26). The fourth-order valence-electron chi connectivity index (χ4n) is 3.24. The van der Waals surface area contributed by atoms with Crippen molar-refractivity contribution in [1.29, 1.82) is 0 Å². The molecule has 8 heteroatoms. The first-order valence-electron chi connectivity index (χ1n) is 8.86. The highest BCUT2D eigenvalue weighted by Crippen LogP contribution is 2.13. The van der Waals surface area contributed by atoms with Crippen molar-refractivity contribution in [2.75, 3.05) is 26.2 Å². The first-order valence-corrected chi connectivity index (χ1v) is 8.86. The van der Waals surface area contributed by atoms with Crippen LogP contribution in [0.15, 0.2) is 47.3 Å². The summed E-state index contributed by atoms with van der Waals surface area (Å²) in [5.41, 5.74) is 6.67. The Morgan fingerprint density at radius 1 is 1.15 bits per heavy atom. The van der Waals surface area contributed by atoms with Crippen LogP contribution in [0.3, 0.4) is 0 Å². The quantitative estimate of drug-likeness (QED) is 0.775. The average Bonchev–Trinajstić information content (AvgIpc) is 2.68. The Morgan fingerprint density at radius 3 is 2.56 bits per heavy atom. The van der Waals surface area contributed by atoms with Gasteiger partial charge in [-0.25, -0.2) is 4.68 Å². The second-order valence-corrected chi connectivity index (χ2v) is 6.62. The summed E-state index contributed by atoms with van der Waals surface area (Å²) in [5, 5.41) is 4.00. The molecule has 2 heterocycles. The molecule has 2 N–H and O–H groups in total. The number of rotatable bonds is 5. The molecule has 0 saturated carbocycles. The van der Waals surface area contributed by atoms with Crippen LogP contribution in [0.5, 0.6) is 0 Å². The summed E-state index contributed by atoms with van der Waals surface area (Å²) in [6.07, 6.45) is 0.806. The third kappa shape index (κ3) is 4.40. The number of nitrogens with two attached hydrogens (primary N) is 1. The lowest BCUT2D eigenvalue weighted by Crippen LogP contribution is -2.59. The maximum absolute atomic E-state index is 12.7. The lowest BCUT2D eigenvalue weighted by molar-refractivity contribution is -0.125. The van der Waals surface area contributed by atoms with Gasteiger partial charge in [-0.1, -0.05) is 30.3 Å². The number of hydrogen-bond acceptors (Lipinski definition) is 5. The normalized spacial score (nSPS) is 17.7. The van der Waals surface area contributed by atoms with Crippen LogP contribution in [0, 0.1) is 0 Å². The molecule has 142 valence electrons. The molecule has 1 unspecified atom stereocenters. The van der Waals surface area contributed by atoms with Crippen LogP contribution in [0.4, 0.5) is 0 Å². The molecule has 0 spiro atoms. The van der Waals surface area contributed by atoms with E-state index in [1.807, 2.05) is 35.2 Å². The Hall–Kier alpha value is -3.00. The maximum Gasteiger partial charge on any atom is 0.274 e. The zero-order valence-electron chi connectivity index (χ0n) is 15.2. The molecule has 27 heavy (non-hydrogen) atoms. The number of nitrogens with zero attached hydrogens (tertiary/aromatic N) is 4. The minimum Gasteiger partial charge on any atom is -0.368 e. The van der Waals surface area contributed by atoms with Crippen molar-refractivity contribution < 1.29 is 9.59 Å². The minimum atomic E-state index is -0.543. The summed E-state index contributed by atoms with van der Waals surface area (Å²) in [4.78, 5) is 39.7. The number of hydrogen-bond donors (Lipinski definition) is 1. The van der Waals surface area contributed by atoms with Crippen molar-refractivity contribution in [3.63, 3.8) is 0 Å². The second kappa shape index (κ2) is 8.13. The summed E-state index contributed by atoms with van der Waals surface area (Å²) >= 11 is 0. The average molecular weight is 369 g/mol. The van der Waals surface area contributed by atoms with Gasteiger partial charge in [0.1, 0.15) is 11.7 Å². The number of piperazine rings is 1. The molecule has 3 rings (SSSR count). The molecule has 0 bridgehead atoms.